The molecular weight excluding hydrogens is 242 g/mol. The first-order chi connectivity index (χ1) is 9.22. The van der Waals surface area contributed by atoms with Gasteiger partial charge in [0.15, 0.2) is 0 Å². The van der Waals surface area contributed by atoms with Crippen LogP contribution in [0.3, 0.4) is 0 Å². The number of nitrogens with zero attached hydrogens (tertiary/aromatic N) is 1. The predicted molar refractivity (Wildman–Crippen MR) is 68.4 cm³/mol. The van der Waals surface area contributed by atoms with E-state index in [1.807, 2.05) is 6.07 Å². The summed E-state index contributed by atoms with van der Waals surface area (Å²) in [4.78, 5) is 11.8. The summed E-state index contributed by atoms with van der Waals surface area (Å²) < 4.78 is 5.09. The van der Waals surface area contributed by atoms with Crippen LogP contribution in [0.5, 0.6) is 5.75 Å². The van der Waals surface area contributed by atoms with Gasteiger partial charge in [0.25, 0.3) is 0 Å². The van der Waals surface area contributed by atoms with Crippen LogP contribution >= 0.6 is 0 Å². The fourth-order valence-corrected chi connectivity index (χ4v) is 1.62. The Morgan fingerprint density at radius 1 is 1.16 bits per heavy atom. The zero-order chi connectivity index (χ0) is 13.7. The standard InChI is InChI=1S/C15H11NO3/c16-9-11-5-1-2-6-12(11)10-19-15(18)13-7-3-4-8-14(13)17/h1-8,17H,10H2. The predicted octanol–water partition coefficient (Wildman–Crippen LogP) is 2.62. The van der Waals surface area contributed by atoms with Crippen molar-refractivity contribution in [2.75, 3.05) is 0 Å². The SMILES string of the molecule is N#Cc1ccccc1COC(=O)c1ccccc1O. The smallest absolute Gasteiger partial charge is 0.342 e. The molecule has 0 heterocycles. The van der Waals surface area contributed by atoms with Gasteiger partial charge in [0.05, 0.1) is 11.6 Å². The lowest BCUT2D eigenvalue weighted by Gasteiger charge is -2.07. The quantitative estimate of drug-likeness (QED) is 0.853. The number of phenolic OH excluding ortho intramolecular Hbond substituents is 1. The summed E-state index contributed by atoms with van der Waals surface area (Å²) in [6, 6.07) is 15.1. The third-order valence-corrected chi connectivity index (χ3v) is 2.62. The van der Waals surface area contributed by atoms with Crippen LogP contribution in [-0.2, 0) is 11.3 Å². The molecule has 0 bridgehead atoms. The van der Waals surface area contributed by atoms with Gasteiger partial charge in [-0.3, -0.25) is 0 Å². The molecule has 0 atom stereocenters. The largest absolute Gasteiger partial charge is 0.507 e. The Morgan fingerprint density at radius 3 is 2.58 bits per heavy atom. The normalized spacial score (nSPS) is 9.63. The summed E-state index contributed by atoms with van der Waals surface area (Å²) in [6.45, 7) is -0.00307. The molecule has 0 radical (unpaired) electrons. The van der Waals surface area contributed by atoms with E-state index in [0.717, 1.165) is 0 Å². The molecule has 2 aromatic carbocycles. The van der Waals surface area contributed by atoms with E-state index in [9.17, 15) is 9.90 Å². The number of ether oxygens (including phenoxy) is 1. The van der Waals surface area contributed by atoms with Crippen LogP contribution < -0.4 is 0 Å². The zero-order valence-electron chi connectivity index (χ0n) is 10.0. The van der Waals surface area contributed by atoms with Gasteiger partial charge >= 0.3 is 5.97 Å². The van der Waals surface area contributed by atoms with Crippen molar-refractivity contribution in [2.45, 2.75) is 6.61 Å². The van der Waals surface area contributed by atoms with Gasteiger partial charge in [-0.05, 0) is 18.2 Å². The molecule has 4 nitrogen and oxygen atoms in total. The Balaban J connectivity index is 2.10. The number of carbonyl (C=O) groups is 1. The molecule has 2 rings (SSSR count). The number of rotatable bonds is 3. The lowest BCUT2D eigenvalue weighted by atomic mass is 10.1. The highest BCUT2D eigenvalue weighted by molar-refractivity contribution is 5.92. The molecule has 0 unspecified atom stereocenters. The number of hydrogen-bond donors (Lipinski definition) is 1. The van der Waals surface area contributed by atoms with Crippen LogP contribution in [0.1, 0.15) is 21.5 Å². The fraction of sp³-hybridized carbons (Fsp3) is 0.0667. The summed E-state index contributed by atoms with van der Waals surface area (Å²) in [5.41, 5.74) is 1.21. The molecule has 94 valence electrons. The third kappa shape index (κ3) is 2.90. The first-order valence-electron chi connectivity index (χ1n) is 5.65. The number of carbonyl (C=O) groups excluding carboxylic acids is 1. The van der Waals surface area contributed by atoms with Crippen molar-refractivity contribution in [3.63, 3.8) is 0 Å². The van der Waals surface area contributed by atoms with E-state index in [2.05, 4.69) is 0 Å². The maximum absolute atomic E-state index is 11.8. The second-order valence-corrected chi connectivity index (χ2v) is 3.86. The number of nitriles is 1. The second-order valence-electron chi connectivity index (χ2n) is 3.86. The topological polar surface area (TPSA) is 70.3 Å². The molecular formula is C15H11NO3. The maximum atomic E-state index is 11.8. The van der Waals surface area contributed by atoms with Gasteiger partial charge in [-0.25, -0.2) is 4.79 Å². The van der Waals surface area contributed by atoms with Gasteiger partial charge in [-0.2, -0.15) is 5.26 Å². The van der Waals surface area contributed by atoms with E-state index in [1.54, 1.807) is 36.4 Å². The van der Waals surface area contributed by atoms with Crippen LogP contribution in [0.2, 0.25) is 0 Å². The van der Waals surface area contributed by atoms with Crippen LogP contribution in [-0.4, -0.2) is 11.1 Å². The molecule has 0 saturated carbocycles. The molecule has 0 aliphatic rings. The van der Waals surface area contributed by atoms with Crippen molar-refractivity contribution in [2.24, 2.45) is 0 Å². The van der Waals surface area contributed by atoms with E-state index in [0.29, 0.717) is 11.1 Å². The molecule has 0 spiro atoms. The average Bonchev–Trinajstić information content (AvgIpc) is 2.45. The van der Waals surface area contributed by atoms with E-state index < -0.39 is 5.97 Å². The number of aromatic hydroxyl groups is 1. The number of phenols is 1. The van der Waals surface area contributed by atoms with Gasteiger partial charge in [-0.1, -0.05) is 30.3 Å². The van der Waals surface area contributed by atoms with Crippen molar-refractivity contribution in [1.82, 2.24) is 0 Å². The highest BCUT2D eigenvalue weighted by atomic mass is 16.5. The summed E-state index contributed by atoms with van der Waals surface area (Å²) in [6.07, 6.45) is 0. The summed E-state index contributed by atoms with van der Waals surface area (Å²) in [7, 11) is 0. The summed E-state index contributed by atoms with van der Waals surface area (Å²) >= 11 is 0. The zero-order valence-corrected chi connectivity index (χ0v) is 10.0. The minimum Gasteiger partial charge on any atom is -0.507 e. The van der Waals surface area contributed by atoms with Gasteiger partial charge in [0.1, 0.15) is 17.9 Å². The molecule has 0 fully saturated rings. The molecule has 0 aromatic heterocycles. The lowest BCUT2D eigenvalue weighted by Crippen LogP contribution is -2.06. The van der Waals surface area contributed by atoms with Crippen LogP contribution in [0, 0.1) is 11.3 Å². The van der Waals surface area contributed by atoms with Crippen LogP contribution in [0.25, 0.3) is 0 Å². The van der Waals surface area contributed by atoms with E-state index in [1.165, 1.54) is 12.1 Å². The molecule has 19 heavy (non-hydrogen) atoms. The van der Waals surface area contributed by atoms with Crippen LogP contribution in [0.4, 0.5) is 0 Å². The highest BCUT2D eigenvalue weighted by Gasteiger charge is 2.12. The van der Waals surface area contributed by atoms with Crippen molar-refractivity contribution in [3.05, 3.63) is 65.2 Å². The second kappa shape index (κ2) is 5.69. The van der Waals surface area contributed by atoms with E-state index in [-0.39, 0.29) is 17.9 Å². The molecule has 0 aliphatic heterocycles. The average molecular weight is 253 g/mol. The fourth-order valence-electron chi connectivity index (χ4n) is 1.62. The molecule has 2 aromatic rings. The van der Waals surface area contributed by atoms with Crippen molar-refractivity contribution < 1.29 is 14.6 Å². The number of hydrogen-bond acceptors (Lipinski definition) is 4. The first-order valence-corrected chi connectivity index (χ1v) is 5.65. The third-order valence-electron chi connectivity index (χ3n) is 2.62. The molecule has 0 saturated heterocycles. The Bertz CT molecular complexity index is 644. The van der Waals surface area contributed by atoms with Crippen molar-refractivity contribution in [1.29, 1.82) is 5.26 Å². The highest BCUT2D eigenvalue weighted by Crippen LogP contribution is 2.17. The summed E-state index contributed by atoms with van der Waals surface area (Å²) in [5, 5.41) is 18.4. The minimum absolute atomic E-state index is 0.00307. The van der Waals surface area contributed by atoms with E-state index in [4.69, 9.17) is 10.00 Å². The molecule has 0 amide bonds. The molecule has 1 N–H and O–H groups in total. The van der Waals surface area contributed by atoms with E-state index >= 15 is 0 Å². The minimum atomic E-state index is -0.620. The Kier molecular flexibility index (Phi) is 3.79. The molecule has 4 heteroatoms. The van der Waals surface area contributed by atoms with Gasteiger partial charge in [0, 0.05) is 5.56 Å². The Hall–Kier alpha value is -2.80. The van der Waals surface area contributed by atoms with Gasteiger partial charge < -0.3 is 9.84 Å². The Labute approximate surface area is 110 Å². The monoisotopic (exact) mass is 253 g/mol. The first kappa shape index (κ1) is 12.7. The van der Waals surface area contributed by atoms with Crippen molar-refractivity contribution in [3.8, 4) is 11.8 Å². The van der Waals surface area contributed by atoms with Crippen LogP contribution in [0.15, 0.2) is 48.5 Å². The maximum Gasteiger partial charge on any atom is 0.342 e. The Morgan fingerprint density at radius 2 is 1.84 bits per heavy atom. The van der Waals surface area contributed by atoms with Gasteiger partial charge in [-0.15, -0.1) is 0 Å². The number of benzene rings is 2. The number of para-hydroxylation sites is 1. The number of esters is 1. The molecule has 0 aliphatic carbocycles. The van der Waals surface area contributed by atoms with Crippen molar-refractivity contribution >= 4 is 5.97 Å². The summed E-state index contributed by atoms with van der Waals surface area (Å²) in [5.74, 6) is -0.744. The lowest BCUT2D eigenvalue weighted by molar-refractivity contribution is 0.0469. The van der Waals surface area contributed by atoms with Gasteiger partial charge in [0.2, 0.25) is 0 Å².